The normalized spacial score (nSPS) is 15.8. The van der Waals surface area contributed by atoms with Crippen LogP contribution in [0.25, 0.3) is 5.65 Å². The number of guanidine groups is 1. The lowest BCUT2D eigenvalue weighted by atomic mass is 10.2. The minimum atomic E-state index is 0. The summed E-state index contributed by atoms with van der Waals surface area (Å²) in [4.78, 5) is 13.6. The van der Waals surface area contributed by atoms with Gasteiger partial charge >= 0.3 is 0 Å². The number of rotatable bonds is 8. The number of pyridine rings is 1. The fraction of sp³-hybridized carbons (Fsp3) is 0.455. The SMILES string of the molecule is CCNC(=NCC(c1cccs1)N1CCCC1)NCCc1cn2ccccc2n1.I. The lowest BCUT2D eigenvalue weighted by Gasteiger charge is -2.25. The molecule has 0 amide bonds. The highest BCUT2D eigenvalue weighted by molar-refractivity contribution is 14.0. The second-order valence-corrected chi connectivity index (χ2v) is 8.35. The van der Waals surface area contributed by atoms with Crippen LogP contribution < -0.4 is 10.6 Å². The first-order chi connectivity index (χ1) is 14.3. The Kier molecular flexibility index (Phi) is 8.95. The summed E-state index contributed by atoms with van der Waals surface area (Å²) in [5, 5.41) is 9.03. The van der Waals surface area contributed by atoms with E-state index in [1.807, 2.05) is 35.7 Å². The van der Waals surface area contributed by atoms with Crippen molar-refractivity contribution < 1.29 is 0 Å². The quantitative estimate of drug-likeness (QED) is 0.259. The van der Waals surface area contributed by atoms with Crippen molar-refractivity contribution in [3.05, 3.63) is 58.7 Å². The van der Waals surface area contributed by atoms with E-state index >= 15 is 0 Å². The van der Waals surface area contributed by atoms with Crippen LogP contribution in [-0.4, -0.2) is 53.0 Å². The number of hydrogen-bond acceptors (Lipinski definition) is 4. The molecule has 1 saturated heterocycles. The molecule has 2 N–H and O–H groups in total. The van der Waals surface area contributed by atoms with Crippen molar-refractivity contribution in [2.24, 2.45) is 4.99 Å². The molecular weight excluding hydrogens is 507 g/mol. The number of hydrogen-bond donors (Lipinski definition) is 2. The third-order valence-corrected chi connectivity index (χ3v) is 6.28. The predicted molar refractivity (Wildman–Crippen MR) is 136 cm³/mol. The van der Waals surface area contributed by atoms with E-state index in [9.17, 15) is 0 Å². The topological polar surface area (TPSA) is 57.0 Å². The maximum absolute atomic E-state index is 4.92. The minimum absolute atomic E-state index is 0. The predicted octanol–water partition coefficient (Wildman–Crippen LogP) is 3.95. The Morgan fingerprint density at radius 2 is 2.07 bits per heavy atom. The van der Waals surface area contributed by atoms with Crippen LogP contribution >= 0.6 is 35.3 Å². The van der Waals surface area contributed by atoms with Gasteiger partial charge in [0.1, 0.15) is 5.65 Å². The first-order valence-electron chi connectivity index (χ1n) is 10.6. The van der Waals surface area contributed by atoms with Crippen molar-refractivity contribution in [3.8, 4) is 0 Å². The zero-order valence-corrected chi connectivity index (χ0v) is 20.6. The third-order valence-electron chi connectivity index (χ3n) is 5.31. The maximum Gasteiger partial charge on any atom is 0.191 e. The summed E-state index contributed by atoms with van der Waals surface area (Å²) in [6.45, 7) is 6.91. The van der Waals surface area contributed by atoms with Gasteiger partial charge in [0, 0.05) is 36.8 Å². The summed E-state index contributed by atoms with van der Waals surface area (Å²) < 4.78 is 2.07. The van der Waals surface area contributed by atoms with Gasteiger partial charge in [0.25, 0.3) is 0 Å². The Morgan fingerprint density at radius 3 is 2.80 bits per heavy atom. The highest BCUT2D eigenvalue weighted by atomic mass is 127. The van der Waals surface area contributed by atoms with E-state index in [2.05, 4.69) is 55.6 Å². The molecule has 0 aromatic carbocycles. The molecule has 0 radical (unpaired) electrons. The summed E-state index contributed by atoms with van der Waals surface area (Å²) in [7, 11) is 0. The van der Waals surface area contributed by atoms with E-state index < -0.39 is 0 Å². The molecule has 0 bridgehead atoms. The number of aliphatic imine (C=N–C) groups is 1. The summed E-state index contributed by atoms with van der Waals surface area (Å²) >= 11 is 1.84. The molecule has 3 aromatic heterocycles. The van der Waals surface area contributed by atoms with Gasteiger partial charge in [-0.25, -0.2) is 4.98 Å². The molecule has 3 aromatic rings. The molecule has 1 aliphatic rings. The summed E-state index contributed by atoms with van der Waals surface area (Å²) in [6, 6.07) is 10.8. The number of thiophene rings is 1. The second kappa shape index (κ2) is 11.7. The van der Waals surface area contributed by atoms with E-state index in [1.54, 1.807) is 0 Å². The van der Waals surface area contributed by atoms with Gasteiger partial charge in [-0.3, -0.25) is 9.89 Å². The number of halogens is 1. The van der Waals surface area contributed by atoms with E-state index in [0.717, 1.165) is 43.4 Å². The van der Waals surface area contributed by atoms with Gasteiger partial charge in [-0.05, 0) is 56.4 Å². The fourth-order valence-electron chi connectivity index (χ4n) is 3.86. The number of likely N-dealkylation sites (tertiary alicyclic amines) is 1. The average Bonchev–Trinajstić information content (AvgIpc) is 3.49. The Labute approximate surface area is 199 Å². The molecule has 0 aliphatic carbocycles. The molecule has 162 valence electrons. The molecule has 1 aliphatic heterocycles. The van der Waals surface area contributed by atoms with E-state index in [1.165, 1.54) is 30.8 Å². The summed E-state index contributed by atoms with van der Waals surface area (Å²) in [5.74, 6) is 0.886. The minimum Gasteiger partial charge on any atom is -0.357 e. The van der Waals surface area contributed by atoms with Crippen molar-refractivity contribution in [2.75, 3.05) is 32.7 Å². The smallest absolute Gasteiger partial charge is 0.191 e. The highest BCUT2D eigenvalue weighted by Crippen LogP contribution is 2.28. The number of nitrogens with one attached hydrogen (secondary N) is 2. The molecule has 0 saturated carbocycles. The Morgan fingerprint density at radius 1 is 1.20 bits per heavy atom. The zero-order valence-electron chi connectivity index (χ0n) is 17.5. The average molecular weight is 539 g/mol. The third kappa shape index (κ3) is 5.95. The molecular formula is C22H31IN6S. The second-order valence-electron chi connectivity index (χ2n) is 7.37. The first kappa shape index (κ1) is 23.0. The number of nitrogens with zero attached hydrogens (tertiary/aromatic N) is 4. The standard InChI is InChI=1S/C22H30N6S.HI/c1-2-23-22(24-11-10-18-17-28-14-4-3-9-21(28)26-18)25-16-19(20-8-7-15-29-20)27-12-5-6-13-27;/h3-4,7-9,14-15,17,19H,2,5-6,10-13,16H2,1H3,(H2,23,24,25);1H. The molecule has 4 heterocycles. The van der Waals surface area contributed by atoms with Crippen molar-refractivity contribution in [2.45, 2.75) is 32.2 Å². The Bertz CT molecular complexity index is 884. The summed E-state index contributed by atoms with van der Waals surface area (Å²) in [5.41, 5.74) is 2.08. The molecule has 8 heteroatoms. The van der Waals surface area contributed by atoms with E-state index in [-0.39, 0.29) is 24.0 Å². The van der Waals surface area contributed by atoms with Gasteiger partial charge < -0.3 is 15.0 Å². The molecule has 4 rings (SSSR count). The maximum atomic E-state index is 4.92. The number of imidazole rings is 1. The van der Waals surface area contributed by atoms with E-state index in [0.29, 0.717) is 6.04 Å². The van der Waals surface area contributed by atoms with Crippen molar-refractivity contribution in [1.29, 1.82) is 0 Å². The Hall–Kier alpha value is -1.65. The van der Waals surface area contributed by atoms with Gasteiger partial charge in [-0.15, -0.1) is 35.3 Å². The van der Waals surface area contributed by atoms with Crippen LogP contribution in [0.1, 0.15) is 36.4 Å². The molecule has 1 atom stereocenters. The van der Waals surface area contributed by atoms with Crippen LogP contribution in [-0.2, 0) is 6.42 Å². The van der Waals surface area contributed by atoms with Crippen LogP contribution in [0.5, 0.6) is 0 Å². The van der Waals surface area contributed by atoms with Gasteiger partial charge in [-0.1, -0.05) is 12.1 Å². The summed E-state index contributed by atoms with van der Waals surface area (Å²) in [6.07, 6.45) is 7.59. The lowest BCUT2D eigenvalue weighted by molar-refractivity contribution is 0.255. The molecule has 1 unspecified atom stereocenters. The fourth-order valence-corrected chi connectivity index (χ4v) is 4.71. The molecule has 30 heavy (non-hydrogen) atoms. The number of fused-ring (bicyclic) bond motifs is 1. The molecule has 0 spiro atoms. The van der Waals surface area contributed by atoms with Crippen LogP contribution in [0.15, 0.2) is 53.1 Å². The van der Waals surface area contributed by atoms with Crippen LogP contribution in [0.2, 0.25) is 0 Å². The van der Waals surface area contributed by atoms with Crippen molar-refractivity contribution in [3.63, 3.8) is 0 Å². The van der Waals surface area contributed by atoms with E-state index in [4.69, 9.17) is 4.99 Å². The van der Waals surface area contributed by atoms with Gasteiger partial charge in [0.15, 0.2) is 5.96 Å². The van der Waals surface area contributed by atoms with Crippen LogP contribution in [0.3, 0.4) is 0 Å². The zero-order chi connectivity index (χ0) is 19.9. The molecule has 6 nitrogen and oxygen atoms in total. The van der Waals surface area contributed by atoms with Gasteiger partial charge in [0.05, 0.1) is 18.3 Å². The van der Waals surface area contributed by atoms with Crippen LogP contribution in [0.4, 0.5) is 0 Å². The van der Waals surface area contributed by atoms with Crippen LogP contribution in [0, 0.1) is 0 Å². The first-order valence-corrected chi connectivity index (χ1v) is 11.4. The Balaban J connectivity index is 0.00000256. The van der Waals surface area contributed by atoms with Crippen molar-refractivity contribution in [1.82, 2.24) is 24.9 Å². The largest absolute Gasteiger partial charge is 0.357 e. The van der Waals surface area contributed by atoms with Gasteiger partial charge in [0.2, 0.25) is 0 Å². The number of aromatic nitrogens is 2. The molecule has 1 fully saturated rings. The monoisotopic (exact) mass is 538 g/mol. The lowest BCUT2D eigenvalue weighted by Crippen LogP contribution is -2.39. The highest BCUT2D eigenvalue weighted by Gasteiger charge is 2.24. The van der Waals surface area contributed by atoms with Gasteiger partial charge in [-0.2, -0.15) is 0 Å². The van der Waals surface area contributed by atoms with Crippen molar-refractivity contribution >= 4 is 46.9 Å².